The molecule has 6 nitrogen and oxygen atoms in total. The Morgan fingerprint density at radius 1 is 1.14 bits per heavy atom. The molecule has 2 aromatic rings. The van der Waals surface area contributed by atoms with E-state index in [2.05, 4.69) is 0 Å². The number of hydrogen-bond donors (Lipinski definition) is 0. The van der Waals surface area contributed by atoms with Gasteiger partial charge in [0.05, 0.1) is 10.6 Å². The second kappa shape index (κ2) is 6.15. The summed E-state index contributed by atoms with van der Waals surface area (Å²) >= 11 is 0. The summed E-state index contributed by atoms with van der Waals surface area (Å²) in [5.41, 5.74) is 0.975. The molecule has 0 radical (unpaired) electrons. The molecule has 0 fully saturated rings. The average Bonchev–Trinajstić information content (AvgIpc) is 2.47. The fourth-order valence-electron chi connectivity index (χ4n) is 2.22. The molecule has 0 amide bonds. The van der Waals surface area contributed by atoms with Crippen LogP contribution in [0.15, 0.2) is 53.4 Å². The van der Waals surface area contributed by atoms with Gasteiger partial charge in [-0.05, 0) is 37.6 Å². The van der Waals surface area contributed by atoms with Gasteiger partial charge in [0.2, 0.25) is 0 Å². The highest BCUT2D eigenvalue weighted by molar-refractivity contribution is 7.93. The lowest BCUT2D eigenvalue weighted by Crippen LogP contribution is -2.31. The van der Waals surface area contributed by atoms with Gasteiger partial charge in [0.25, 0.3) is 15.7 Å². The molecular formula is C15H16N2O4S. The summed E-state index contributed by atoms with van der Waals surface area (Å²) < 4.78 is 26.8. The van der Waals surface area contributed by atoms with Crippen LogP contribution in [0.4, 0.5) is 11.4 Å². The monoisotopic (exact) mass is 320 g/mol. The SMILES string of the molecule is CCN(c1cccc(C)c1)S(=O)(=O)c1ccccc1[N+](=O)[O-]. The van der Waals surface area contributed by atoms with E-state index in [1.165, 1.54) is 28.6 Å². The van der Waals surface area contributed by atoms with Gasteiger partial charge in [-0.3, -0.25) is 14.4 Å². The topological polar surface area (TPSA) is 80.5 Å². The van der Waals surface area contributed by atoms with Crippen molar-refractivity contribution < 1.29 is 13.3 Å². The number of aryl methyl sites for hydroxylation is 1. The van der Waals surface area contributed by atoms with Crippen LogP contribution in [-0.2, 0) is 10.0 Å². The molecule has 2 aromatic carbocycles. The van der Waals surface area contributed by atoms with Gasteiger partial charge >= 0.3 is 0 Å². The van der Waals surface area contributed by atoms with Crippen molar-refractivity contribution in [3.63, 3.8) is 0 Å². The highest BCUT2D eigenvalue weighted by Crippen LogP contribution is 2.29. The van der Waals surface area contributed by atoms with Crippen LogP contribution in [0.1, 0.15) is 12.5 Å². The van der Waals surface area contributed by atoms with Crippen LogP contribution < -0.4 is 4.31 Å². The molecule has 22 heavy (non-hydrogen) atoms. The lowest BCUT2D eigenvalue weighted by atomic mass is 10.2. The molecule has 0 unspecified atom stereocenters. The maximum atomic E-state index is 12.8. The zero-order valence-electron chi connectivity index (χ0n) is 12.3. The van der Waals surface area contributed by atoms with Crippen molar-refractivity contribution in [1.29, 1.82) is 0 Å². The second-order valence-electron chi connectivity index (χ2n) is 4.73. The van der Waals surface area contributed by atoms with E-state index in [1.54, 1.807) is 25.1 Å². The van der Waals surface area contributed by atoms with Crippen LogP contribution in [-0.4, -0.2) is 19.9 Å². The largest absolute Gasteiger partial charge is 0.289 e. The first-order chi connectivity index (χ1) is 10.4. The highest BCUT2D eigenvalue weighted by atomic mass is 32.2. The Hall–Kier alpha value is -2.41. The maximum absolute atomic E-state index is 12.8. The van der Waals surface area contributed by atoms with E-state index in [0.717, 1.165) is 5.56 Å². The van der Waals surface area contributed by atoms with Crippen molar-refractivity contribution >= 4 is 21.4 Å². The van der Waals surface area contributed by atoms with E-state index in [4.69, 9.17) is 0 Å². The summed E-state index contributed by atoms with van der Waals surface area (Å²) in [5.74, 6) is 0. The summed E-state index contributed by atoms with van der Waals surface area (Å²) in [7, 11) is -4.00. The number of anilines is 1. The van der Waals surface area contributed by atoms with E-state index in [-0.39, 0.29) is 11.4 Å². The van der Waals surface area contributed by atoms with E-state index in [9.17, 15) is 18.5 Å². The van der Waals surface area contributed by atoms with Crippen molar-refractivity contribution in [2.24, 2.45) is 0 Å². The molecule has 116 valence electrons. The van der Waals surface area contributed by atoms with Gasteiger partial charge in [-0.2, -0.15) is 0 Å². The summed E-state index contributed by atoms with van der Waals surface area (Å²) in [4.78, 5) is 10.1. The van der Waals surface area contributed by atoms with Gasteiger partial charge in [0.15, 0.2) is 4.90 Å². The first kappa shape index (κ1) is 16.0. The molecule has 0 aliphatic rings. The Bertz CT molecular complexity index is 803. The van der Waals surface area contributed by atoms with Gasteiger partial charge in [-0.25, -0.2) is 8.42 Å². The van der Waals surface area contributed by atoms with Gasteiger partial charge in [-0.15, -0.1) is 0 Å². The van der Waals surface area contributed by atoms with Crippen LogP contribution in [0, 0.1) is 17.0 Å². The first-order valence-corrected chi connectivity index (χ1v) is 8.14. The zero-order valence-corrected chi connectivity index (χ0v) is 13.1. The Labute approximate surface area is 129 Å². The molecule has 2 rings (SSSR count). The summed E-state index contributed by atoms with van der Waals surface area (Å²) in [6.45, 7) is 3.72. The molecule has 0 atom stereocenters. The third-order valence-corrected chi connectivity index (χ3v) is 5.16. The molecule has 0 heterocycles. The van der Waals surface area contributed by atoms with Crippen LogP contribution >= 0.6 is 0 Å². The minimum absolute atomic E-state index is 0.178. The predicted molar refractivity (Wildman–Crippen MR) is 84.5 cm³/mol. The zero-order chi connectivity index (χ0) is 16.3. The molecule has 0 saturated heterocycles. The summed E-state index contributed by atoms with van der Waals surface area (Å²) in [5, 5.41) is 11.1. The molecular weight excluding hydrogens is 304 g/mol. The molecule has 0 aliphatic carbocycles. The second-order valence-corrected chi connectivity index (χ2v) is 6.56. The summed E-state index contributed by atoms with van der Waals surface area (Å²) in [6, 6.07) is 12.4. The number of nitro benzene ring substituents is 1. The number of nitrogens with zero attached hydrogens (tertiary/aromatic N) is 2. The van der Waals surface area contributed by atoms with E-state index in [0.29, 0.717) is 5.69 Å². The molecule has 0 aliphatic heterocycles. The minimum atomic E-state index is -4.00. The molecule has 0 N–H and O–H groups in total. The third kappa shape index (κ3) is 2.94. The normalized spacial score (nSPS) is 11.2. The average molecular weight is 320 g/mol. The highest BCUT2D eigenvalue weighted by Gasteiger charge is 2.30. The van der Waals surface area contributed by atoms with Crippen molar-refractivity contribution in [3.8, 4) is 0 Å². The number of nitro groups is 1. The first-order valence-electron chi connectivity index (χ1n) is 6.70. The van der Waals surface area contributed by atoms with E-state index < -0.39 is 20.6 Å². The quantitative estimate of drug-likeness (QED) is 0.626. The number of hydrogen-bond acceptors (Lipinski definition) is 4. The Morgan fingerprint density at radius 3 is 2.41 bits per heavy atom. The van der Waals surface area contributed by atoms with Crippen molar-refractivity contribution in [1.82, 2.24) is 0 Å². The van der Waals surface area contributed by atoms with Crippen molar-refractivity contribution in [3.05, 3.63) is 64.2 Å². The molecule has 0 spiro atoms. The van der Waals surface area contributed by atoms with E-state index >= 15 is 0 Å². The van der Waals surface area contributed by atoms with Crippen LogP contribution in [0.2, 0.25) is 0 Å². The Kier molecular flexibility index (Phi) is 4.46. The third-order valence-electron chi connectivity index (χ3n) is 3.21. The molecule has 7 heteroatoms. The molecule has 0 aromatic heterocycles. The lowest BCUT2D eigenvalue weighted by molar-refractivity contribution is -0.387. The number of rotatable bonds is 5. The molecule has 0 saturated carbocycles. The fourth-order valence-corrected chi connectivity index (χ4v) is 3.85. The van der Waals surface area contributed by atoms with Gasteiger partial charge in [0, 0.05) is 12.6 Å². The van der Waals surface area contributed by atoms with Crippen LogP contribution in [0.3, 0.4) is 0 Å². The predicted octanol–water partition coefficient (Wildman–Crippen LogP) is 3.12. The van der Waals surface area contributed by atoms with Gasteiger partial charge < -0.3 is 0 Å². The lowest BCUT2D eigenvalue weighted by Gasteiger charge is -2.23. The standard InChI is InChI=1S/C15H16N2O4S/c1-3-16(13-8-6-7-12(2)11-13)22(20,21)15-10-5-4-9-14(15)17(18)19/h4-11H,3H2,1-2H3. The van der Waals surface area contributed by atoms with Gasteiger partial charge in [0.1, 0.15) is 0 Å². The van der Waals surface area contributed by atoms with Crippen molar-refractivity contribution in [2.45, 2.75) is 18.7 Å². The van der Waals surface area contributed by atoms with Crippen molar-refractivity contribution in [2.75, 3.05) is 10.8 Å². The number of sulfonamides is 1. The Morgan fingerprint density at radius 2 is 1.82 bits per heavy atom. The minimum Gasteiger partial charge on any atom is -0.266 e. The Balaban J connectivity index is 2.60. The fraction of sp³-hybridized carbons (Fsp3) is 0.200. The van der Waals surface area contributed by atoms with Crippen LogP contribution in [0.5, 0.6) is 0 Å². The summed E-state index contributed by atoms with van der Waals surface area (Å²) in [6.07, 6.45) is 0. The number of benzene rings is 2. The van der Waals surface area contributed by atoms with Gasteiger partial charge in [-0.1, -0.05) is 24.3 Å². The van der Waals surface area contributed by atoms with Crippen LogP contribution in [0.25, 0.3) is 0 Å². The number of para-hydroxylation sites is 1. The van der Waals surface area contributed by atoms with E-state index in [1.807, 2.05) is 13.0 Å². The maximum Gasteiger partial charge on any atom is 0.289 e. The smallest absolute Gasteiger partial charge is 0.266 e. The molecule has 0 bridgehead atoms.